The van der Waals surface area contributed by atoms with Crippen LogP contribution in [0.2, 0.25) is 0 Å². The van der Waals surface area contributed by atoms with Crippen LogP contribution in [0.25, 0.3) is 16.7 Å². The van der Waals surface area contributed by atoms with E-state index in [2.05, 4.69) is 22.0 Å². The molecule has 3 rings (SSSR count). The molecule has 6 nitrogen and oxygen atoms in total. The van der Waals surface area contributed by atoms with E-state index < -0.39 is 0 Å². The maximum Gasteiger partial charge on any atom is 0.316 e. The third-order valence-electron chi connectivity index (χ3n) is 3.42. The Kier molecular flexibility index (Phi) is 5.43. The Morgan fingerprint density at radius 3 is 2.88 bits per heavy atom. The normalized spacial score (nSPS) is 10.9. The van der Waals surface area contributed by atoms with Gasteiger partial charge in [-0.1, -0.05) is 43.3 Å². The number of thioether (sulfide) groups is 1. The SMILES string of the molecule is CCCCOC(=O)CSc1ncnc2c1cnn2-c1ccccc1. The molecule has 124 valence electrons. The second-order valence-corrected chi connectivity index (χ2v) is 6.13. The van der Waals surface area contributed by atoms with E-state index in [9.17, 15) is 4.79 Å². The zero-order valence-electron chi connectivity index (χ0n) is 13.4. The zero-order chi connectivity index (χ0) is 16.8. The third kappa shape index (κ3) is 3.73. The van der Waals surface area contributed by atoms with Crippen LogP contribution < -0.4 is 0 Å². The van der Waals surface area contributed by atoms with Crippen molar-refractivity contribution in [2.24, 2.45) is 0 Å². The summed E-state index contributed by atoms with van der Waals surface area (Å²) in [5.74, 6) is 0.00228. The van der Waals surface area contributed by atoms with E-state index in [1.54, 1.807) is 10.9 Å². The van der Waals surface area contributed by atoms with Crippen molar-refractivity contribution in [2.75, 3.05) is 12.4 Å². The van der Waals surface area contributed by atoms with Crippen molar-refractivity contribution < 1.29 is 9.53 Å². The van der Waals surface area contributed by atoms with Crippen LogP contribution in [0.1, 0.15) is 19.8 Å². The molecule has 2 heterocycles. The highest BCUT2D eigenvalue weighted by Crippen LogP contribution is 2.25. The van der Waals surface area contributed by atoms with Crippen molar-refractivity contribution >= 4 is 28.8 Å². The van der Waals surface area contributed by atoms with Gasteiger partial charge in [-0.05, 0) is 18.6 Å². The van der Waals surface area contributed by atoms with Gasteiger partial charge in [0.2, 0.25) is 0 Å². The number of unbranched alkanes of at least 4 members (excludes halogenated alkanes) is 1. The molecule has 0 radical (unpaired) electrons. The minimum Gasteiger partial charge on any atom is -0.465 e. The number of aromatic nitrogens is 4. The number of fused-ring (bicyclic) bond motifs is 1. The largest absolute Gasteiger partial charge is 0.465 e. The molecule has 0 unspecified atom stereocenters. The predicted molar refractivity (Wildman–Crippen MR) is 93.3 cm³/mol. The van der Waals surface area contributed by atoms with Crippen LogP contribution in [0.5, 0.6) is 0 Å². The first-order valence-corrected chi connectivity index (χ1v) is 8.80. The first kappa shape index (κ1) is 16.4. The van der Waals surface area contributed by atoms with E-state index >= 15 is 0 Å². The number of benzene rings is 1. The first-order valence-electron chi connectivity index (χ1n) is 7.82. The monoisotopic (exact) mass is 342 g/mol. The van der Waals surface area contributed by atoms with Gasteiger partial charge in [0.1, 0.15) is 11.4 Å². The van der Waals surface area contributed by atoms with Gasteiger partial charge in [0.25, 0.3) is 0 Å². The fourth-order valence-electron chi connectivity index (χ4n) is 2.20. The van der Waals surface area contributed by atoms with Crippen LogP contribution in [-0.4, -0.2) is 38.1 Å². The van der Waals surface area contributed by atoms with Crippen molar-refractivity contribution in [3.05, 3.63) is 42.9 Å². The summed E-state index contributed by atoms with van der Waals surface area (Å²) in [6.45, 7) is 2.53. The number of para-hydroxylation sites is 1. The maximum absolute atomic E-state index is 11.7. The molecular formula is C17H18N4O2S. The summed E-state index contributed by atoms with van der Waals surface area (Å²) in [5, 5.41) is 5.96. The topological polar surface area (TPSA) is 69.9 Å². The summed E-state index contributed by atoms with van der Waals surface area (Å²) in [4.78, 5) is 20.3. The van der Waals surface area contributed by atoms with E-state index in [0.29, 0.717) is 6.61 Å². The Hall–Kier alpha value is -2.41. The Labute approximate surface area is 144 Å². The minimum atomic E-state index is -0.226. The Balaban J connectivity index is 1.76. The molecule has 0 amide bonds. The number of ether oxygens (including phenoxy) is 1. The number of carbonyl (C=O) groups excluding carboxylic acids is 1. The summed E-state index contributed by atoms with van der Waals surface area (Å²) < 4.78 is 6.93. The number of carbonyl (C=O) groups is 1. The number of rotatable bonds is 7. The molecule has 3 aromatic rings. The zero-order valence-corrected chi connectivity index (χ0v) is 14.2. The van der Waals surface area contributed by atoms with Gasteiger partial charge in [0.15, 0.2) is 5.65 Å². The quantitative estimate of drug-likeness (QED) is 0.284. The van der Waals surface area contributed by atoms with Crippen LogP contribution >= 0.6 is 11.8 Å². The van der Waals surface area contributed by atoms with Gasteiger partial charge >= 0.3 is 5.97 Å². The molecule has 7 heteroatoms. The van der Waals surface area contributed by atoms with E-state index in [1.807, 2.05) is 30.3 Å². The van der Waals surface area contributed by atoms with Gasteiger partial charge in [-0.25, -0.2) is 14.6 Å². The Bertz CT molecular complexity index is 820. The molecular weight excluding hydrogens is 324 g/mol. The molecule has 0 saturated heterocycles. The lowest BCUT2D eigenvalue weighted by Crippen LogP contribution is -2.08. The predicted octanol–water partition coefficient (Wildman–Crippen LogP) is 3.25. The number of hydrogen-bond donors (Lipinski definition) is 0. The molecule has 0 saturated carbocycles. The van der Waals surface area contributed by atoms with Gasteiger partial charge < -0.3 is 4.74 Å². The highest BCUT2D eigenvalue weighted by molar-refractivity contribution is 8.00. The number of hydrogen-bond acceptors (Lipinski definition) is 6. The molecule has 0 aliphatic rings. The summed E-state index contributed by atoms with van der Waals surface area (Å²) >= 11 is 1.35. The molecule has 24 heavy (non-hydrogen) atoms. The van der Waals surface area contributed by atoms with Gasteiger partial charge in [0.05, 0.1) is 29.6 Å². The van der Waals surface area contributed by atoms with Crippen LogP contribution in [0.15, 0.2) is 47.9 Å². The smallest absolute Gasteiger partial charge is 0.316 e. The summed E-state index contributed by atoms with van der Waals surface area (Å²) in [6.07, 6.45) is 5.12. The van der Waals surface area contributed by atoms with Crippen molar-refractivity contribution in [1.82, 2.24) is 19.7 Å². The second kappa shape index (κ2) is 7.92. The number of nitrogens with zero attached hydrogens (tertiary/aromatic N) is 4. The van der Waals surface area contributed by atoms with Crippen molar-refractivity contribution in [2.45, 2.75) is 24.8 Å². The minimum absolute atomic E-state index is 0.226. The second-order valence-electron chi connectivity index (χ2n) is 5.17. The lowest BCUT2D eigenvalue weighted by molar-refractivity contribution is -0.140. The van der Waals surface area contributed by atoms with Crippen LogP contribution in [0.3, 0.4) is 0 Å². The van der Waals surface area contributed by atoms with Crippen molar-refractivity contribution in [3.63, 3.8) is 0 Å². The summed E-state index contributed by atoms with van der Waals surface area (Å²) in [6, 6.07) is 9.78. The summed E-state index contributed by atoms with van der Waals surface area (Å²) in [7, 11) is 0. The van der Waals surface area contributed by atoms with E-state index in [1.165, 1.54) is 18.1 Å². The molecule has 0 aliphatic carbocycles. The van der Waals surface area contributed by atoms with Gasteiger partial charge in [-0.15, -0.1) is 0 Å². The Morgan fingerprint density at radius 2 is 2.08 bits per heavy atom. The molecule has 0 fully saturated rings. The van der Waals surface area contributed by atoms with Crippen molar-refractivity contribution in [1.29, 1.82) is 0 Å². The third-order valence-corrected chi connectivity index (χ3v) is 4.40. The van der Waals surface area contributed by atoms with Gasteiger partial charge in [0, 0.05) is 0 Å². The van der Waals surface area contributed by atoms with Crippen molar-refractivity contribution in [3.8, 4) is 5.69 Å². The molecule has 0 atom stereocenters. The molecule has 0 N–H and O–H groups in total. The molecule has 0 spiro atoms. The van der Waals surface area contributed by atoms with E-state index in [-0.39, 0.29) is 11.7 Å². The highest BCUT2D eigenvalue weighted by atomic mass is 32.2. The van der Waals surface area contributed by atoms with E-state index in [4.69, 9.17) is 4.74 Å². The van der Waals surface area contributed by atoms with Gasteiger partial charge in [-0.2, -0.15) is 5.10 Å². The standard InChI is InChI=1S/C17H18N4O2S/c1-2-3-9-23-15(22)11-24-17-14-10-20-21(16(14)18-12-19-17)13-7-5-4-6-8-13/h4-8,10,12H,2-3,9,11H2,1H3. The lowest BCUT2D eigenvalue weighted by atomic mass is 10.3. The highest BCUT2D eigenvalue weighted by Gasteiger charge is 2.13. The lowest BCUT2D eigenvalue weighted by Gasteiger charge is -2.05. The number of esters is 1. The molecule has 1 aromatic carbocycles. The van der Waals surface area contributed by atoms with E-state index in [0.717, 1.165) is 34.6 Å². The fraction of sp³-hybridized carbons (Fsp3) is 0.294. The first-order chi connectivity index (χ1) is 11.8. The van der Waals surface area contributed by atoms with Crippen LogP contribution in [0.4, 0.5) is 0 Å². The molecule has 2 aromatic heterocycles. The average molecular weight is 342 g/mol. The average Bonchev–Trinajstić information content (AvgIpc) is 3.05. The van der Waals surface area contributed by atoms with Gasteiger partial charge in [-0.3, -0.25) is 4.79 Å². The Morgan fingerprint density at radius 1 is 1.25 bits per heavy atom. The molecule has 0 aliphatic heterocycles. The molecule has 0 bridgehead atoms. The summed E-state index contributed by atoms with van der Waals surface area (Å²) in [5.41, 5.74) is 1.65. The van der Waals surface area contributed by atoms with Crippen LogP contribution in [-0.2, 0) is 9.53 Å². The van der Waals surface area contributed by atoms with Crippen LogP contribution in [0, 0.1) is 0 Å². The maximum atomic E-state index is 11.7. The fourth-order valence-corrected chi connectivity index (χ4v) is 2.95.